The quantitative estimate of drug-likeness (QED) is 0.896. The van der Waals surface area contributed by atoms with Crippen molar-refractivity contribution in [1.82, 2.24) is 4.90 Å². The number of rotatable bonds is 5. The Morgan fingerprint density at radius 3 is 2.70 bits per heavy atom. The summed E-state index contributed by atoms with van der Waals surface area (Å²) in [4.78, 5) is 5.03. The summed E-state index contributed by atoms with van der Waals surface area (Å²) in [6.07, 6.45) is 3.23. The maximum atomic E-state index is 6.15. The lowest BCUT2D eigenvalue weighted by atomic mass is 10.0. The number of likely N-dealkylation sites (N-methyl/N-ethyl adjacent to an activating group) is 1. The first-order valence-electron chi connectivity index (χ1n) is 7.94. The van der Waals surface area contributed by atoms with Gasteiger partial charge in [0, 0.05) is 37.4 Å². The SMILES string of the molecule is CCC(N)Cc1ccccc1N1CCN(C)C(CC)C1. The average Bonchev–Trinajstić information content (AvgIpc) is 2.48. The molecule has 1 aromatic rings. The summed E-state index contributed by atoms with van der Waals surface area (Å²) in [6, 6.07) is 9.71. The first kappa shape index (κ1) is 15.3. The lowest BCUT2D eigenvalue weighted by molar-refractivity contribution is 0.213. The van der Waals surface area contributed by atoms with Crippen molar-refractivity contribution in [3.8, 4) is 0 Å². The molecule has 0 bridgehead atoms. The van der Waals surface area contributed by atoms with Gasteiger partial charge in [-0.05, 0) is 37.9 Å². The zero-order valence-corrected chi connectivity index (χ0v) is 13.2. The van der Waals surface area contributed by atoms with Crippen molar-refractivity contribution in [2.24, 2.45) is 5.73 Å². The van der Waals surface area contributed by atoms with Crippen molar-refractivity contribution in [2.45, 2.75) is 45.2 Å². The van der Waals surface area contributed by atoms with E-state index in [9.17, 15) is 0 Å². The number of anilines is 1. The van der Waals surface area contributed by atoms with Crippen LogP contribution in [0.25, 0.3) is 0 Å². The average molecular weight is 275 g/mol. The van der Waals surface area contributed by atoms with Crippen LogP contribution in [-0.4, -0.2) is 43.7 Å². The Morgan fingerprint density at radius 2 is 2.00 bits per heavy atom. The molecule has 1 saturated heterocycles. The highest BCUT2D eigenvalue weighted by atomic mass is 15.3. The molecule has 0 aliphatic carbocycles. The Labute approximate surface area is 123 Å². The van der Waals surface area contributed by atoms with Gasteiger partial charge < -0.3 is 10.6 Å². The lowest BCUT2D eigenvalue weighted by Gasteiger charge is -2.41. The van der Waals surface area contributed by atoms with Crippen LogP contribution in [0.5, 0.6) is 0 Å². The predicted molar refractivity (Wildman–Crippen MR) is 87.3 cm³/mol. The number of piperazine rings is 1. The van der Waals surface area contributed by atoms with E-state index in [1.807, 2.05) is 0 Å². The molecule has 0 saturated carbocycles. The molecule has 1 aromatic carbocycles. The second kappa shape index (κ2) is 7.09. The van der Waals surface area contributed by atoms with Gasteiger partial charge in [-0.2, -0.15) is 0 Å². The van der Waals surface area contributed by atoms with Gasteiger partial charge in [0.1, 0.15) is 0 Å². The van der Waals surface area contributed by atoms with E-state index in [4.69, 9.17) is 5.73 Å². The van der Waals surface area contributed by atoms with Crippen molar-refractivity contribution in [1.29, 1.82) is 0 Å². The third-order valence-corrected chi connectivity index (χ3v) is 4.59. The number of para-hydroxylation sites is 1. The molecule has 1 aliphatic rings. The topological polar surface area (TPSA) is 32.5 Å². The normalized spacial score (nSPS) is 22.0. The van der Waals surface area contributed by atoms with E-state index in [2.05, 4.69) is 55.0 Å². The molecule has 0 amide bonds. The largest absolute Gasteiger partial charge is 0.368 e. The fourth-order valence-electron chi connectivity index (χ4n) is 3.02. The molecule has 0 radical (unpaired) electrons. The second-order valence-corrected chi connectivity index (χ2v) is 5.99. The van der Waals surface area contributed by atoms with Gasteiger partial charge in [-0.1, -0.05) is 32.0 Å². The van der Waals surface area contributed by atoms with Crippen LogP contribution in [0.15, 0.2) is 24.3 Å². The number of hydrogen-bond donors (Lipinski definition) is 1. The molecule has 2 unspecified atom stereocenters. The van der Waals surface area contributed by atoms with Gasteiger partial charge in [0.2, 0.25) is 0 Å². The van der Waals surface area contributed by atoms with E-state index in [0.717, 1.165) is 32.5 Å². The lowest BCUT2D eigenvalue weighted by Crippen LogP contribution is -2.51. The van der Waals surface area contributed by atoms with E-state index in [-0.39, 0.29) is 6.04 Å². The molecule has 0 spiro atoms. The fraction of sp³-hybridized carbons (Fsp3) is 0.647. The van der Waals surface area contributed by atoms with Crippen LogP contribution in [0.3, 0.4) is 0 Å². The smallest absolute Gasteiger partial charge is 0.0400 e. The van der Waals surface area contributed by atoms with Crippen molar-refractivity contribution < 1.29 is 0 Å². The molecule has 2 N–H and O–H groups in total. The van der Waals surface area contributed by atoms with Gasteiger partial charge in [0.25, 0.3) is 0 Å². The van der Waals surface area contributed by atoms with E-state index in [0.29, 0.717) is 6.04 Å². The van der Waals surface area contributed by atoms with Crippen molar-refractivity contribution in [2.75, 3.05) is 31.6 Å². The molecule has 1 aliphatic heterocycles. The first-order chi connectivity index (χ1) is 9.65. The van der Waals surface area contributed by atoms with Gasteiger partial charge in [0.15, 0.2) is 0 Å². The third-order valence-electron chi connectivity index (χ3n) is 4.59. The highest BCUT2D eigenvalue weighted by Gasteiger charge is 2.24. The molecule has 2 rings (SSSR count). The molecule has 1 heterocycles. The summed E-state index contributed by atoms with van der Waals surface area (Å²) < 4.78 is 0. The second-order valence-electron chi connectivity index (χ2n) is 5.99. The van der Waals surface area contributed by atoms with Gasteiger partial charge in [-0.15, -0.1) is 0 Å². The Morgan fingerprint density at radius 1 is 1.25 bits per heavy atom. The van der Waals surface area contributed by atoms with Crippen LogP contribution < -0.4 is 10.6 Å². The molecular weight excluding hydrogens is 246 g/mol. The Hall–Kier alpha value is -1.06. The van der Waals surface area contributed by atoms with Crippen LogP contribution >= 0.6 is 0 Å². The Bertz CT molecular complexity index is 418. The van der Waals surface area contributed by atoms with E-state index in [1.165, 1.54) is 17.7 Å². The first-order valence-corrected chi connectivity index (χ1v) is 7.94. The van der Waals surface area contributed by atoms with Gasteiger partial charge in [-0.25, -0.2) is 0 Å². The summed E-state index contributed by atoms with van der Waals surface area (Å²) in [5.41, 5.74) is 8.95. The predicted octanol–water partition coefficient (Wildman–Crippen LogP) is 2.50. The number of benzene rings is 1. The van der Waals surface area contributed by atoms with Gasteiger partial charge in [0.05, 0.1) is 0 Å². The van der Waals surface area contributed by atoms with Crippen LogP contribution in [0.4, 0.5) is 5.69 Å². The summed E-state index contributed by atoms with van der Waals surface area (Å²) >= 11 is 0. The molecule has 20 heavy (non-hydrogen) atoms. The Kier molecular flexibility index (Phi) is 5.44. The summed E-state index contributed by atoms with van der Waals surface area (Å²) in [7, 11) is 2.24. The number of nitrogens with two attached hydrogens (primary N) is 1. The van der Waals surface area contributed by atoms with Crippen LogP contribution in [-0.2, 0) is 6.42 Å². The minimum Gasteiger partial charge on any atom is -0.368 e. The monoisotopic (exact) mass is 275 g/mol. The summed E-state index contributed by atoms with van der Waals surface area (Å²) in [5, 5.41) is 0. The maximum absolute atomic E-state index is 6.15. The molecule has 1 fully saturated rings. The summed E-state index contributed by atoms with van der Waals surface area (Å²) in [5.74, 6) is 0. The zero-order chi connectivity index (χ0) is 14.5. The molecule has 112 valence electrons. The minimum atomic E-state index is 0.269. The van der Waals surface area contributed by atoms with Crippen LogP contribution in [0, 0.1) is 0 Å². The van der Waals surface area contributed by atoms with Crippen LogP contribution in [0.1, 0.15) is 32.3 Å². The molecule has 3 nitrogen and oxygen atoms in total. The molecular formula is C17H29N3. The van der Waals surface area contributed by atoms with Gasteiger partial charge >= 0.3 is 0 Å². The van der Waals surface area contributed by atoms with E-state index < -0.39 is 0 Å². The van der Waals surface area contributed by atoms with Crippen molar-refractivity contribution in [3.05, 3.63) is 29.8 Å². The Balaban J connectivity index is 2.15. The maximum Gasteiger partial charge on any atom is 0.0400 e. The van der Waals surface area contributed by atoms with Crippen molar-refractivity contribution >= 4 is 5.69 Å². The van der Waals surface area contributed by atoms with Crippen LogP contribution in [0.2, 0.25) is 0 Å². The highest BCUT2D eigenvalue weighted by molar-refractivity contribution is 5.54. The molecule has 2 atom stereocenters. The fourth-order valence-corrected chi connectivity index (χ4v) is 3.02. The van der Waals surface area contributed by atoms with E-state index in [1.54, 1.807) is 0 Å². The third kappa shape index (κ3) is 3.53. The standard InChI is InChI=1S/C17H29N3/c1-4-15(18)12-14-8-6-7-9-17(14)20-11-10-19(3)16(5-2)13-20/h6-9,15-16H,4-5,10-13,18H2,1-3H3. The summed E-state index contributed by atoms with van der Waals surface area (Å²) in [6.45, 7) is 7.84. The number of hydrogen-bond acceptors (Lipinski definition) is 3. The molecule has 0 aromatic heterocycles. The van der Waals surface area contributed by atoms with Crippen molar-refractivity contribution in [3.63, 3.8) is 0 Å². The highest BCUT2D eigenvalue weighted by Crippen LogP contribution is 2.25. The number of nitrogens with zero attached hydrogens (tertiary/aromatic N) is 2. The zero-order valence-electron chi connectivity index (χ0n) is 13.2. The van der Waals surface area contributed by atoms with Gasteiger partial charge in [-0.3, -0.25) is 4.90 Å². The minimum absolute atomic E-state index is 0.269. The molecule has 3 heteroatoms. The van der Waals surface area contributed by atoms with E-state index >= 15 is 0 Å².